The number of carbonyl (C=O) groups excluding carboxylic acids is 2. The van der Waals surface area contributed by atoms with E-state index >= 15 is 0 Å². The molecule has 1 aliphatic heterocycles. The zero-order chi connectivity index (χ0) is 19.4. The van der Waals surface area contributed by atoms with E-state index in [0.717, 1.165) is 49.1 Å². The van der Waals surface area contributed by atoms with Crippen molar-refractivity contribution in [2.24, 2.45) is 17.6 Å². The molecule has 1 aromatic carbocycles. The van der Waals surface area contributed by atoms with Gasteiger partial charge in [-0.05, 0) is 61.5 Å². The smallest absolute Gasteiger partial charge is 0.227 e. The molecule has 146 valence electrons. The zero-order valence-electron chi connectivity index (χ0n) is 16.3. The van der Waals surface area contributed by atoms with Crippen molar-refractivity contribution >= 4 is 29.3 Å². The molecule has 5 heteroatoms. The number of aryl methyl sites for hydroxylation is 2. The lowest BCUT2D eigenvalue weighted by atomic mass is 9.84. The summed E-state index contributed by atoms with van der Waals surface area (Å²) in [4.78, 5) is 27.0. The largest absolute Gasteiger partial charge is 0.369 e. The second-order valence-electron chi connectivity index (χ2n) is 7.73. The highest BCUT2D eigenvalue weighted by molar-refractivity contribution is 8.02. The molecule has 3 rings (SSSR count). The maximum absolute atomic E-state index is 13.4. The summed E-state index contributed by atoms with van der Waals surface area (Å²) in [5.74, 6) is 1.27. The van der Waals surface area contributed by atoms with E-state index in [2.05, 4.69) is 48.4 Å². The SMILES string of the molecule is CCc1cccc(C)c1N(C(=O)CC1C=CSC1)C1CCC(C(N)=O)CC1. The van der Waals surface area contributed by atoms with Crippen LogP contribution in [-0.2, 0) is 16.0 Å². The number of thioether (sulfide) groups is 1. The minimum absolute atomic E-state index is 0.0464. The standard InChI is InChI=1S/C22H30N2O2S/c1-3-17-6-4-5-15(2)21(17)24(20(25)13-16-11-12-27-14-16)19-9-7-18(8-10-19)22(23)26/h4-6,11-12,16,18-19H,3,7-10,13-14H2,1-2H3,(H2,23,26). The second kappa shape index (κ2) is 8.96. The molecule has 1 aromatic rings. The highest BCUT2D eigenvalue weighted by Crippen LogP contribution is 2.36. The van der Waals surface area contributed by atoms with Gasteiger partial charge in [-0.15, -0.1) is 11.8 Å². The normalized spacial score (nSPS) is 24.7. The molecule has 1 unspecified atom stereocenters. The molecule has 1 saturated carbocycles. The molecule has 1 heterocycles. The molecule has 0 bridgehead atoms. The van der Waals surface area contributed by atoms with Crippen LogP contribution in [0, 0.1) is 18.8 Å². The zero-order valence-corrected chi connectivity index (χ0v) is 17.1. The van der Waals surface area contributed by atoms with Crippen LogP contribution in [-0.4, -0.2) is 23.6 Å². The van der Waals surface area contributed by atoms with Gasteiger partial charge in [0, 0.05) is 24.1 Å². The molecule has 1 fully saturated rings. The van der Waals surface area contributed by atoms with E-state index in [9.17, 15) is 9.59 Å². The van der Waals surface area contributed by atoms with Crippen LogP contribution in [0.5, 0.6) is 0 Å². The molecular formula is C22H30N2O2S. The fourth-order valence-corrected chi connectivity index (χ4v) is 5.25. The molecule has 0 radical (unpaired) electrons. The maximum Gasteiger partial charge on any atom is 0.227 e. The van der Waals surface area contributed by atoms with Gasteiger partial charge in [0.25, 0.3) is 0 Å². The monoisotopic (exact) mass is 386 g/mol. The number of nitrogens with zero attached hydrogens (tertiary/aromatic N) is 1. The quantitative estimate of drug-likeness (QED) is 0.797. The van der Waals surface area contributed by atoms with Gasteiger partial charge in [0.15, 0.2) is 0 Å². The van der Waals surface area contributed by atoms with Crippen LogP contribution in [0.2, 0.25) is 0 Å². The molecule has 0 spiro atoms. The predicted molar refractivity (Wildman–Crippen MR) is 113 cm³/mol. The summed E-state index contributed by atoms with van der Waals surface area (Å²) in [7, 11) is 0. The molecule has 0 saturated heterocycles. The summed E-state index contributed by atoms with van der Waals surface area (Å²) in [6, 6.07) is 6.44. The minimum Gasteiger partial charge on any atom is -0.369 e. The van der Waals surface area contributed by atoms with Crippen molar-refractivity contribution in [3.05, 3.63) is 40.8 Å². The van der Waals surface area contributed by atoms with Crippen molar-refractivity contribution in [3.8, 4) is 0 Å². The molecule has 2 aliphatic rings. The highest BCUT2D eigenvalue weighted by Gasteiger charge is 2.34. The molecule has 2 amide bonds. The third kappa shape index (κ3) is 4.57. The summed E-state index contributed by atoms with van der Waals surface area (Å²) in [6.45, 7) is 4.23. The van der Waals surface area contributed by atoms with Gasteiger partial charge in [0.1, 0.15) is 0 Å². The Morgan fingerprint density at radius 3 is 2.56 bits per heavy atom. The molecule has 1 atom stereocenters. The van der Waals surface area contributed by atoms with Crippen LogP contribution in [0.15, 0.2) is 29.7 Å². The Hall–Kier alpha value is -1.75. The first-order valence-corrected chi connectivity index (χ1v) is 11.0. The Morgan fingerprint density at radius 1 is 1.22 bits per heavy atom. The summed E-state index contributed by atoms with van der Waals surface area (Å²) < 4.78 is 0. The number of para-hydroxylation sites is 1. The van der Waals surface area contributed by atoms with Gasteiger partial charge in [0.05, 0.1) is 5.69 Å². The number of rotatable bonds is 6. The Labute approximate surface area is 166 Å². The lowest BCUT2D eigenvalue weighted by Gasteiger charge is -2.38. The van der Waals surface area contributed by atoms with Crippen LogP contribution < -0.4 is 10.6 Å². The van der Waals surface area contributed by atoms with Gasteiger partial charge in [-0.25, -0.2) is 0 Å². The van der Waals surface area contributed by atoms with Gasteiger partial charge in [0.2, 0.25) is 11.8 Å². The van der Waals surface area contributed by atoms with Crippen molar-refractivity contribution < 1.29 is 9.59 Å². The number of benzene rings is 1. The first-order chi connectivity index (χ1) is 13.0. The third-order valence-corrected chi connectivity index (χ3v) is 6.84. The van der Waals surface area contributed by atoms with Crippen LogP contribution >= 0.6 is 11.8 Å². The second-order valence-corrected chi connectivity index (χ2v) is 8.67. The van der Waals surface area contributed by atoms with Gasteiger partial charge in [-0.1, -0.05) is 31.2 Å². The Balaban J connectivity index is 1.89. The van der Waals surface area contributed by atoms with E-state index in [4.69, 9.17) is 5.73 Å². The average Bonchev–Trinajstić information content (AvgIpc) is 3.16. The molecule has 27 heavy (non-hydrogen) atoms. The van der Waals surface area contributed by atoms with E-state index in [0.29, 0.717) is 12.3 Å². The molecular weight excluding hydrogens is 356 g/mol. The number of anilines is 1. The van der Waals surface area contributed by atoms with Crippen molar-refractivity contribution in [1.29, 1.82) is 0 Å². The minimum atomic E-state index is -0.204. The third-order valence-electron chi connectivity index (χ3n) is 5.87. The van der Waals surface area contributed by atoms with E-state index < -0.39 is 0 Å². The lowest BCUT2D eigenvalue weighted by Crippen LogP contribution is -2.45. The number of allylic oxidation sites excluding steroid dienone is 1. The van der Waals surface area contributed by atoms with E-state index in [-0.39, 0.29) is 23.8 Å². The fraction of sp³-hybridized carbons (Fsp3) is 0.545. The van der Waals surface area contributed by atoms with E-state index in [1.165, 1.54) is 5.56 Å². The number of hydrogen-bond acceptors (Lipinski definition) is 3. The van der Waals surface area contributed by atoms with E-state index in [1.54, 1.807) is 11.8 Å². The van der Waals surface area contributed by atoms with Gasteiger partial charge in [-0.3, -0.25) is 9.59 Å². The Bertz CT molecular complexity index is 723. The topological polar surface area (TPSA) is 63.4 Å². The summed E-state index contributed by atoms with van der Waals surface area (Å²) >= 11 is 1.78. The first-order valence-electron chi connectivity index (χ1n) is 9.99. The van der Waals surface area contributed by atoms with E-state index in [1.807, 2.05) is 0 Å². The number of amides is 2. The fourth-order valence-electron chi connectivity index (χ4n) is 4.33. The predicted octanol–water partition coefficient (Wildman–Crippen LogP) is 4.20. The highest BCUT2D eigenvalue weighted by atomic mass is 32.2. The molecule has 0 aromatic heterocycles. The van der Waals surface area contributed by atoms with Gasteiger partial charge < -0.3 is 10.6 Å². The number of nitrogens with two attached hydrogens (primary N) is 1. The Morgan fingerprint density at radius 2 is 1.96 bits per heavy atom. The van der Waals surface area contributed by atoms with Crippen LogP contribution in [0.4, 0.5) is 5.69 Å². The number of carbonyl (C=O) groups is 2. The first kappa shape index (κ1) is 20.0. The number of hydrogen-bond donors (Lipinski definition) is 1. The lowest BCUT2D eigenvalue weighted by molar-refractivity contribution is -0.122. The molecule has 2 N–H and O–H groups in total. The number of primary amides is 1. The molecule has 4 nitrogen and oxygen atoms in total. The molecule has 1 aliphatic carbocycles. The van der Waals surface area contributed by atoms with Crippen molar-refractivity contribution in [2.75, 3.05) is 10.7 Å². The van der Waals surface area contributed by atoms with Crippen molar-refractivity contribution in [2.45, 2.75) is 58.4 Å². The Kier molecular flexibility index (Phi) is 6.64. The van der Waals surface area contributed by atoms with Crippen molar-refractivity contribution in [3.63, 3.8) is 0 Å². The maximum atomic E-state index is 13.4. The van der Waals surface area contributed by atoms with Crippen LogP contribution in [0.25, 0.3) is 0 Å². The van der Waals surface area contributed by atoms with Gasteiger partial charge >= 0.3 is 0 Å². The summed E-state index contributed by atoms with van der Waals surface area (Å²) in [6.07, 6.45) is 6.83. The summed E-state index contributed by atoms with van der Waals surface area (Å²) in [5.41, 5.74) is 8.96. The van der Waals surface area contributed by atoms with Crippen molar-refractivity contribution in [1.82, 2.24) is 0 Å². The van der Waals surface area contributed by atoms with Gasteiger partial charge in [-0.2, -0.15) is 0 Å². The average molecular weight is 387 g/mol. The van der Waals surface area contributed by atoms with Crippen LogP contribution in [0.3, 0.4) is 0 Å². The van der Waals surface area contributed by atoms with Crippen LogP contribution in [0.1, 0.15) is 50.2 Å². The summed E-state index contributed by atoms with van der Waals surface area (Å²) in [5, 5.41) is 2.10.